The van der Waals surface area contributed by atoms with E-state index in [2.05, 4.69) is 22.2 Å². The third kappa shape index (κ3) is 2.16. The van der Waals surface area contributed by atoms with Crippen molar-refractivity contribution in [3.8, 4) is 0 Å². The number of hydrogen-bond acceptors (Lipinski definition) is 3. The van der Waals surface area contributed by atoms with Gasteiger partial charge < -0.3 is 0 Å². The summed E-state index contributed by atoms with van der Waals surface area (Å²) in [4.78, 5) is 37.0. The summed E-state index contributed by atoms with van der Waals surface area (Å²) in [6.45, 7) is 0.446. The van der Waals surface area contributed by atoms with Gasteiger partial charge in [0.05, 0.1) is 0 Å². The molecule has 5 nitrogen and oxygen atoms in total. The number of carbonyl (C=O) groups is 3. The molecule has 102 valence electrons. The molecule has 0 saturated carbocycles. The molecule has 3 amide bonds. The molecule has 1 atom stereocenters. The van der Waals surface area contributed by atoms with E-state index in [0.29, 0.717) is 18.5 Å². The zero-order chi connectivity index (χ0) is 14.3. The molecule has 2 radical (unpaired) electrons. The molecule has 3 rings (SSSR count). The Hall–Kier alpha value is -1.61. The average molecular weight is 332 g/mol. The monoisotopic (exact) mass is 332 g/mol. The summed E-state index contributed by atoms with van der Waals surface area (Å²) in [6.07, 6.45) is 0.691. The van der Waals surface area contributed by atoms with E-state index in [1.165, 1.54) is 0 Å². The maximum atomic E-state index is 12.4. The first-order chi connectivity index (χ1) is 9.60. The van der Waals surface area contributed by atoms with Crippen LogP contribution in [0.3, 0.4) is 0 Å². The molecule has 0 spiro atoms. The van der Waals surface area contributed by atoms with Gasteiger partial charge in [0, 0.05) is 0 Å². The van der Waals surface area contributed by atoms with E-state index in [1.807, 2.05) is 18.2 Å². The van der Waals surface area contributed by atoms with Gasteiger partial charge in [-0.1, -0.05) is 0 Å². The Bertz CT molecular complexity index is 614. The number of fused-ring (bicyclic) bond motifs is 1. The fourth-order valence-corrected chi connectivity index (χ4v) is 3.14. The van der Waals surface area contributed by atoms with Gasteiger partial charge in [0.2, 0.25) is 0 Å². The van der Waals surface area contributed by atoms with Crippen LogP contribution in [0.4, 0.5) is 0 Å². The van der Waals surface area contributed by atoms with Crippen LogP contribution in [0.2, 0.25) is 0 Å². The van der Waals surface area contributed by atoms with E-state index >= 15 is 0 Å². The number of benzene rings is 1. The van der Waals surface area contributed by atoms with E-state index in [0.717, 1.165) is 16.3 Å². The van der Waals surface area contributed by atoms with Crippen molar-refractivity contribution in [2.75, 3.05) is 0 Å². The quantitative estimate of drug-likeness (QED) is 0.618. The van der Waals surface area contributed by atoms with Gasteiger partial charge in [0.1, 0.15) is 0 Å². The number of carbonyl (C=O) groups excluding carboxylic acids is 3. The summed E-state index contributed by atoms with van der Waals surface area (Å²) in [5.74, 6) is -0.747. The number of piperidine rings is 1. The molecule has 1 saturated heterocycles. The molecule has 2 heterocycles. The number of hydrogen-bond donors (Lipinski definition) is 1. The number of imide groups is 1. The molecule has 1 aromatic rings. The molecule has 2 aliphatic heterocycles. The molecule has 0 bridgehead atoms. The molecule has 2 aliphatic rings. The van der Waals surface area contributed by atoms with E-state index in [-0.39, 0.29) is 24.1 Å². The Morgan fingerprint density at radius 1 is 1.30 bits per heavy atom. The van der Waals surface area contributed by atoms with Gasteiger partial charge in [-0.15, -0.1) is 0 Å². The first kappa shape index (κ1) is 13.4. The van der Waals surface area contributed by atoms with E-state index in [1.54, 1.807) is 4.90 Å². The number of amides is 3. The van der Waals surface area contributed by atoms with Gasteiger partial charge in [0.15, 0.2) is 0 Å². The third-order valence-electron chi connectivity index (χ3n) is 3.77. The van der Waals surface area contributed by atoms with Crippen LogP contribution < -0.4 is 5.32 Å². The van der Waals surface area contributed by atoms with Crippen LogP contribution in [0.25, 0.3) is 0 Å². The van der Waals surface area contributed by atoms with Crippen LogP contribution in [0.5, 0.6) is 0 Å². The van der Waals surface area contributed by atoms with Crippen molar-refractivity contribution >= 4 is 34.6 Å². The second-order valence-corrected chi connectivity index (χ2v) is 5.71. The van der Waals surface area contributed by atoms with Gasteiger partial charge in [-0.05, 0) is 0 Å². The van der Waals surface area contributed by atoms with E-state index in [9.17, 15) is 14.4 Å². The predicted molar refractivity (Wildman–Crippen MR) is 71.9 cm³/mol. The molecule has 1 aromatic carbocycles. The van der Waals surface area contributed by atoms with E-state index < -0.39 is 6.04 Å². The second-order valence-electron chi connectivity index (χ2n) is 5.05. The molecule has 1 fully saturated rings. The van der Waals surface area contributed by atoms with Crippen molar-refractivity contribution in [3.05, 3.63) is 34.9 Å². The van der Waals surface area contributed by atoms with Gasteiger partial charge in [0.25, 0.3) is 0 Å². The van der Waals surface area contributed by atoms with Crippen LogP contribution >= 0.6 is 0 Å². The van der Waals surface area contributed by atoms with Crippen LogP contribution in [-0.4, -0.2) is 45.5 Å². The fraction of sp³-hybridized carbons (Fsp3) is 0.357. The van der Waals surface area contributed by atoms with Crippen molar-refractivity contribution in [2.45, 2.75) is 30.6 Å². The van der Waals surface area contributed by atoms with Crippen molar-refractivity contribution in [1.82, 2.24) is 10.2 Å². The van der Waals surface area contributed by atoms with Gasteiger partial charge in [-0.25, -0.2) is 0 Å². The normalized spacial score (nSPS) is 21.9. The Balaban J connectivity index is 1.86. The van der Waals surface area contributed by atoms with Crippen molar-refractivity contribution in [1.29, 1.82) is 0 Å². The van der Waals surface area contributed by atoms with Gasteiger partial charge in [-0.2, -0.15) is 0 Å². The average Bonchev–Trinajstić information content (AvgIpc) is 2.75. The zero-order valence-corrected chi connectivity index (χ0v) is 12.6. The third-order valence-corrected chi connectivity index (χ3v) is 4.54. The topological polar surface area (TPSA) is 66.5 Å². The Morgan fingerprint density at radius 3 is 2.80 bits per heavy atom. The zero-order valence-electron chi connectivity index (χ0n) is 10.8. The molecule has 6 heteroatoms. The first-order valence-corrected chi connectivity index (χ1v) is 7.80. The maximum absolute atomic E-state index is 12.4. The number of nitrogens with one attached hydrogen (secondary N) is 1. The molecule has 1 N–H and O–H groups in total. The summed E-state index contributed by atoms with van der Waals surface area (Å²) in [7, 11) is 0. The molecule has 0 aromatic heterocycles. The van der Waals surface area contributed by atoms with Crippen LogP contribution in [0.1, 0.15) is 34.3 Å². The Kier molecular flexibility index (Phi) is 3.38. The van der Waals surface area contributed by atoms with Crippen molar-refractivity contribution in [3.63, 3.8) is 0 Å². The van der Waals surface area contributed by atoms with Crippen LogP contribution in [0.15, 0.2) is 18.2 Å². The van der Waals surface area contributed by atoms with Crippen molar-refractivity contribution < 1.29 is 14.4 Å². The summed E-state index contributed by atoms with van der Waals surface area (Å²) in [6, 6.07) is 5.24. The molecule has 1 unspecified atom stereocenters. The second kappa shape index (κ2) is 5.06. The first-order valence-electron chi connectivity index (χ1n) is 6.47. The predicted octanol–water partition coefficient (Wildman–Crippen LogP) is 0.116. The van der Waals surface area contributed by atoms with Crippen molar-refractivity contribution in [2.24, 2.45) is 0 Å². The summed E-state index contributed by atoms with van der Waals surface area (Å²) >= 11 is 2.51. The van der Waals surface area contributed by atoms with Crippen LogP contribution in [0, 0.1) is 0 Å². The number of rotatable bonds is 2. The van der Waals surface area contributed by atoms with E-state index in [4.69, 9.17) is 0 Å². The Labute approximate surface area is 125 Å². The molecular weight excluding hydrogens is 319 g/mol. The molecular formula is C14H13AsN2O3. The summed E-state index contributed by atoms with van der Waals surface area (Å²) in [5.41, 5.74) is 2.78. The molecule has 20 heavy (non-hydrogen) atoms. The Morgan fingerprint density at radius 2 is 2.10 bits per heavy atom. The standard InChI is InChI=1S/C14H13AsN2O3/c15-6-8-1-2-10-9(5-8)7-17(14(10)20)11-3-4-12(18)16-13(11)19/h1-2,5,11H,3-4,6-7H2,(H,16,18,19). The van der Waals surface area contributed by atoms with Crippen LogP contribution in [-0.2, 0) is 21.3 Å². The molecule has 0 aliphatic carbocycles. The van der Waals surface area contributed by atoms with Gasteiger partial charge >= 0.3 is 125 Å². The minimum atomic E-state index is -0.534. The number of nitrogens with zero attached hydrogens (tertiary/aromatic N) is 1. The van der Waals surface area contributed by atoms with Gasteiger partial charge in [-0.3, -0.25) is 0 Å². The fourth-order valence-electron chi connectivity index (χ4n) is 2.73. The minimum absolute atomic E-state index is 0.119. The SMILES string of the molecule is O=C1CCC(N2Cc3cc(C[As])ccc3C2=O)C(=O)N1. The summed E-state index contributed by atoms with van der Waals surface area (Å²) in [5, 5.41) is 3.16. The summed E-state index contributed by atoms with van der Waals surface area (Å²) < 4.78 is 0.